The number of benzene rings is 1. The Kier molecular flexibility index (Phi) is 5.13. The minimum absolute atomic E-state index is 0.256. The first-order valence-corrected chi connectivity index (χ1v) is 9.17. The third kappa shape index (κ3) is 3.96. The van der Waals surface area contributed by atoms with Gasteiger partial charge in [0.25, 0.3) is 5.88 Å². The highest BCUT2D eigenvalue weighted by atomic mass is 16.4. The second kappa shape index (κ2) is 7.33. The van der Waals surface area contributed by atoms with E-state index in [2.05, 4.69) is 40.4 Å². The van der Waals surface area contributed by atoms with Crippen LogP contribution in [0.3, 0.4) is 0 Å². The summed E-state index contributed by atoms with van der Waals surface area (Å²) >= 11 is 0. The predicted molar refractivity (Wildman–Crippen MR) is 104 cm³/mol. The standard InChI is InChI=1S/C21H26N4O/c1-21(2,3)20-24-18(13-22)19(26-20)25(4)23-14-15-9-11-17(12-10-15)16-7-5-6-8-16/h9-12,14,16H,5-8H2,1-4H3. The van der Waals surface area contributed by atoms with Crippen molar-refractivity contribution < 1.29 is 4.42 Å². The molecule has 26 heavy (non-hydrogen) atoms. The third-order valence-electron chi connectivity index (χ3n) is 4.79. The summed E-state index contributed by atoms with van der Waals surface area (Å²) in [6.45, 7) is 6.00. The maximum Gasteiger partial charge on any atom is 0.254 e. The van der Waals surface area contributed by atoms with E-state index >= 15 is 0 Å². The summed E-state index contributed by atoms with van der Waals surface area (Å²) in [6.07, 6.45) is 7.06. The van der Waals surface area contributed by atoms with Crippen molar-refractivity contribution in [1.29, 1.82) is 5.26 Å². The van der Waals surface area contributed by atoms with Gasteiger partial charge in [0, 0.05) is 12.5 Å². The monoisotopic (exact) mass is 350 g/mol. The number of aromatic nitrogens is 1. The van der Waals surface area contributed by atoms with Crippen LogP contribution in [0.2, 0.25) is 0 Å². The third-order valence-corrected chi connectivity index (χ3v) is 4.79. The molecular formula is C21H26N4O. The molecule has 0 aliphatic heterocycles. The quantitative estimate of drug-likeness (QED) is 0.577. The summed E-state index contributed by atoms with van der Waals surface area (Å²) in [5.41, 5.74) is 2.44. The van der Waals surface area contributed by atoms with Crippen molar-refractivity contribution in [1.82, 2.24) is 4.98 Å². The predicted octanol–water partition coefficient (Wildman–Crippen LogP) is 4.97. The van der Waals surface area contributed by atoms with Crippen LogP contribution in [0.5, 0.6) is 0 Å². The molecule has 2 aromatic rings. The number of hydrazone groups is 1. The van der Waals surface area contributed by atoms with E-state index in [4.69, 9.17) is 4.42 Å². The number of anilines is 1. The lowest BCUT2D eigenvalue weighted by Gasteiger charge is -2.13. The summed E-state index contributed by atoms with van der Waals surface area (Å²) < 4.78 is 5.79. The zero-order valence-electron chi connectivity index (χ0n) is 16.0. The van der Waals surface area contributed by atoms with Crippen LogP contribution < -0.4 is 5.01 Å². The maximum atomic E-state index is 9.31. The van der Waals surface area contributed by atoms with Gasteiger partial charge >= 0.3 is 0 Å². The molecule has 0 radical (unpaired) electrons. The summed E-state index contributed by atoms with van der Waals surface area (Å²) in [5, 5.41) is 15.3. The fraction of sp³-hybridized carbons (Fsp3) is 0.476. The van der Waals surface area contributed by atoms with E-state index < -0.39 is 0 Å². The average molecular weight is 350 g/mol. The zero-order chi connectivity index (χ0) is 18.7. The zero-order valence-corrected chi connectivity index (χ0v) is 16.0. The van der Waals surface area contributed by atoms with Gasteiger partial charge in [-0.2, -0.15) is 15.3 Å². The lowest BCUT2D eigenvalue weighted by Crippen LogP contribution is -2.11. The highest BCUT2D eigenvalue weighted by Crippen LogP contribution is 2.34. The molecule has 136 valence electrons. The Morgan fingerprint density at radius 1 is 1.23 bits per heavy atom. The van der Waals surface area contributed by atoms with Gasteiger partial charge in [-0.15, -0.1) is 0 Å². The number of hydrogen-bond donors (Lipinski definition) is 0. The van der Waals surface area contributed by atoms with E-state index in [1.165, 1.54) is 31.2 Å². The van der Waals surface area contributed by atoms with Crippen LogP contribution in [-0.4, -0.2) is 18.2 Å². The minimum Gasteiger partial charge on any atom is -0.421 e. The maximum absolute atomic E-state index is 9.31. The van der Waals surface area contributed by atoms with Crippen LogP contribution in [0, 0.1) is 11.3 Å². The molecule has 0 saturated heterocycles. The average Bonchev–Trinajstić information content (AvgIpc) is 3.29. The van der Waals surface area contributed by atoms with Gasteiger partial charge < -0.3 is 4.42 Å². The Balaban J connectivity index is 1.74. The van der Waals surface area contributed by atoms with Gasteiger partial charge in [-0.05, 0) is 29.9 Å². The molecule has 3 rings (SSSR count). The lowest BCUT2D eigenvalue weighted by atomic mass is 9.97. The topological polar surface area (TPSA) is 65.4 Å². The number of nitriles is 1. The van der Waals surface area contributed by atoms with Crippen LogP contribution in [0.4, 0.5) is 5.88 Å². The van der Waals surface area contributed by atoms with Crippen LogP contribution in [-0.2, 0) is 5.41 Å². The number of rotatable bonds is 4. The van der Waals surface area contributed by atoms with Crippen molar-refractivity contribution in [2.75, 3.05) is 12.1 Å². The summed E-state index contributed by atoms with van der Waals surface area (Å²) in [7, 11) is 1.76. The second-order valence-corrected chi connectivity index (χ2v) is 7.95. The Bertz CT molecular complexity index is 815. The molecule has 0 amide bonds. The molecule has 1 saturated carbocycles. The molecule has 1 aliphatic carbocycles. The Hall–Kier alpha value is -2.61. The van der Waals surface area contributed by atoms with E-state index in [9.17, 15) is 5.26 Å². The van der Waals surface area contributed by atoms with Crippen LogP contribution >= 0.6 is 0 Å². The van der Waals surface area contributed by atoms with Crippen molar-refractivity contribution >= 4 is 12.1 Å². The van der Waals surface area contributed by atoms with Crippen LogP contribution in [0.15, 0.2) is 33.8 Å². The summed E-state index contributed by atoms with van der Waals surface area (Å²) in [5.74, 6) is 1.62. The van der Waals surface area contributed by atoms with E-state index in [1.54, 1.807) is 18.3 Å². The van der Waals surface area contributed by atoms with Gasteiger partial charge in [0.15, 0.2) is 0 Å². The minimum atomic E-state index is -0.259. The Morgan fingerprint density at radius 2 is 1.88 bits per heavy atom. The number of oxazole rings is 1. The number of hydrogen-bond acceptors (Lipinski definition) is 5. The molecule has 0 atom stereocenters. The van der Waals surface area contributed by atoms with E-state index in [-0.39, 0.29) is 11.1 Å². The lowest BCUT2D eigenvalue weighted by molar-refractivity contribution is 0.394. The first kappa shape index (κ1) is 18.2. The van der Waals surface area contributed by atoms with Crippen LogP contribution in [0.25, 0.3) is 0 Å². The molecule has 5 nitrogen and oxygen atoms in total. The molecule has 1 aromatic heterocycles. The van der Waals surface area contributed by atoms with Gasteiger partial charge in [0.1, 0.15) is 6.07 Å². The molecule has 0 bridgehead atoms. The SMILES string of the molecule is CN(N=Cc1ccc(C2CCCC2)cc1)c1oc(C(C)(C)C)nc1C#N. The van der Waals surface area contributed by atoms with Gasteiger partial charge in [0.2, 0.25) is 11.6 Å². The molecule has 1 aromatic carbocycles. The van der Waals surface area contributed by atoms with Gasteiger partial charge in [0.05, 0.1) is 6.21 Å². The van der Waals surface area contributed by atoms with Gasteiger partial charge in [-0.1, -0.05) is 57.9 Å². The van der Waals surface area contributed by atoms with Crippen molar-refractivity contribution in [3.8, 4) is 6.07 Å². The highest BCUT2D eigenvalue weighted by molar-refractivity contribution is 5.80. The molecule has 1 fully saturated rings. The van der Waals surface area contributed by atoms with Crippen LogP contribution in [0.1, 0.15) is 75.1 Å². The molecule has 0 N–H and O–H groups in total. The normalized spacial score (nSPS) is 15.5. The molecular weight excluding hydrogens is 324 g/mol. The second-order valence-electron chi connectivity index (χ2n) is 7.95. The van der Waals surface area contributed by atoms with Crippen molar-refractivity contribution in [3.63, 3.8) is 0 Å². The molecule has 0 spiro atoms. The molecule has 5 heteroatoms. The van der Waals surface area contributed by atoms with E-state index in [0.29, 0.717) is 17.7 Å². The van der Waals surface area contributed by atoms with Gasteiger partial charge in [-0.3, -0.25) is 0 Å². The smallest absolute Gasteiger partial charge is 0.254 e. The van der Waals surface area contributed by atoms with E-state index in [1.807, 2.05) is 20.8 Å². The molecule has 0 unspecified atom stereocenters. The van der Waals surface area contributed by atoms with E-state index in [0.717, 1.165) is 5.56 Å². The largest absolute Gasteiger partial charge is 0.421 e. The highest BCUT2D eigenvalue weighted by Gasteiger charge is 2.25. The van der Waals surface area contributed by atoms with Crippen molar-refractivity contribution in [3.05, 3.63) is 47.0 Å². The Morgan fingerprint density at radius 3 is 2.46 bits per heavy atom. The van der Waals surface area contributed by atoms with Gasteiger partial charge in [-0.25, -0.2) is 5.01 Å². The summed E-state index contributed by atoms with van der Waals surface area (Å²) in [4.78, 5) is 4.29. The molecule has 1 heterocycles. The fourth-order valence-electron chi connectivity index (χ4n) is 3.24. The first-order chi connectivity index (χ1) is 12.4. The first-order valence-electron chi connectivity index (χ1n) is 9.17. The Labute approximate surface area is 155 Å². The summed E-state index contributed by atoms with van der Waals surface area (Å²) in [6, 6.07) is 10.7. The van der Waals surface area contributed by atoms with Crippen molar-refractivity contribution in [2.24, 2.45) is 5.10 Å². The van der Waals surface area contributed by atoms with Crippen molar-refractivity contribution in [2.45, 2.75) is 57.8 Å². The molecule has 1 aliphatic rings. The fourth-order valence-corrected chi connectivity index (χ4v) is 3.24. The number of nitrogens with zero attached hydrogens (tertiary/aromatic N) is 4.